The summed E-state index contributed by atoms with van der Waals surface area (Å²) < 4.78 is 23.2. The van der Waals surface area contributed by atoms with E-state index in [1.807, 2.05) is 0 Å². The van der Waals surface area contributed by atoms with Gasteiger partial charge in [0.25, 0.3) is 5.91 Å². The molecule has 0 unspecified atom stereocenters. The lowest BCUT2D eigenvalue weighted by Crippen LogP contribution is -2.16. The van der Waals surface area contributed by atoms with Crippen LogP contribution < -0.4 is 10.6 Å². The lowest BCUT2D eigenvalue weighted by atomic mass is 10.1. The number of halogens is 1. The van der Waals surface area contributed by atoms with Gasteiger partial charge in [-0.3, -0.25) is 10.1 Å². The van der Waals surface area contributed by atoms with E-state index in [2.05, 4.69) is 15.4 Å². The van der Waals surface area contributed by atoms with E-state index in [1.54, 1.807) is 19.1 Å². The fraction of sp³-hybridized carbons (Fsp3) is 0.167. The van der Waals surface area contributed by atoms with Gasteiger partial charge in [0, 0.05) is 11.3 Å². The summed E-state index contributed by atoms with van der Waals surface area (Å²) in [6.45, 7) is 1.88. The Hall–Kier alpha value is -3.42. The molecular weight excluding hydrogens is 343 g/mol. The Kier molecular flexibility index (Phi) is 6.26. The summed E-state index contributed by atoms with van der Waals surface area (Å²) in [5, 5.41) is 4.85. The molecule has 8 heteroatoms. The molecule has 0 radical (unpaired) electrons. The maximum absolute atomic E-state index is 13.9. The van der Waals surface area contributed by atoms with Gasteiger partial charge in [0.2, 0.25) is 0 Å². The van der Waals surface area contributed by atoms with Crippen molar-refractivity contribution in [1.82, 2.24) is 0 Å². The van der Waals surface area contributed by atoms with Crippen LogP contribution in [0.15, 0.2) is 42.5 Å². The van der Waals surface area contributed by atoms with Crippen LogP contribution in [0.4, 0.5) is 20.6 Å². The number of hydrogen-bond acceptors (Lipinski definition) is 5. The van der Waals surface area contributed by atoms with E-state index < -0.39 is 23.8 Å². The number of hydrogen-bond donors (Lipinski definition) is 2. The molecule has 0 aliphatic heterocycles. The monoisotopic (exact) mass is 360 g/mol. The molecule has 0 aromatic heterocycles. The molecule has 2 N–H and O–H groups in total. The molecule has 0 saturated heterocycles. The van der Waals surface area contributed by atoms with Crippen molar-refractivity contribution in [3.63, 3.8) is 0 Å². The normalized spacial score (nSPS) is 9.96. The zero-order chi connectivity index (χ0) is 19.1. The Morgan fingerprint density at radius 2 is 1.81 bits per heavy atom. The summed E-state index contributed by atoms with van der Waals surface area (Å²) in [5.41, 5.74) is 0.464. The smallest absolute Gasteiger partial charge is 0.411 e. The molecule has 7 nitrogen and oxygen atoms in total. The van der Waals surface area contributed by atoms with Crippen molar-refractivity contribution in [2.45, 2.75) is 6.92 Å². The third kappa shape index (κ3) is 4.79. The summed E-state index contributed by atoms with van der Waals surface area (Å²) in [6, 6.07) is 9.52. The molecule has 0 fully saturated rings. The summed E-state index contributed by atoms with van der Waals surface area (Å²) in [4.78, 5) is 35.3. The van der Waals surface area contributed by atoms with Crippen LogP contribution in [0.25, 0.3) is 0 Å². The number of nitrogens with one attached hydrogen (secondary N) is 2. The molecular formula is C18H17FN2O5. The van der Waals surface area contributed by atoms with Crippen molar-refractivity contribution in [3.05, 3.63) is 59.4 Å². The van der Waals surface area contributed by atoms with Crippen molar-refractivity contribution in [1.29, 1.82) is 0 Å². The van der Waals surface area contributed by atoms with Gasteiger partial charge in [-0.05, 0) is 43.3 Å². The van der Waals surface area contributed by atoms with Crippen LogP contribution in [-0.4, -0.2) is 31.7 Å². The number of esters is 1. The molecule has 0 heterocycles. The van der Waals surface area contributed by atoms with E-state index in [-0.39, 0.29) is 23.4 Å². The predicted octanol–water partition coefficient (Wildman–Crippen LogP) is 3.43. The number of methoxy groups -OCH3 is 1. The van der Waals surface area contributed by atoms with Crippen molar-refractivity contribution in [2.75, 3.05) is 24.4 Å². The largest absolute Gasteiger partial charge is 0.465 e. The fourth-order valence-corrected chi connectivity index (χ4v) is 2.08. The third-order valence-corrected chi connectivity index (χ3v) is 3.28. The minimum Gasteiger partial charge on any atom is -0.465 e. The second kappa shape index (κ2) is 8.61. The predicted molar refractivity (Wildman–Crippen MR) is 92.8 cm³/mol. The zero-order valence-corrected chi connectivity index (χ0v) is 14.2. The highest BCUT2D eigenvalue weighted by molar-refractivity contribution is 6.05. The van der Waals surface area contributed by atoms with Gasteiger partial charge in [-0.1, -0.05) is 6.07 Å². The van der Waals surface area contributed by atoms with Crippen LogP contribution in [0.2, 0.25) is 0 Å². The van der Waals surface area contributed by atoms with Gasteiger partial charge >= 0.3 is 12.1 Å². The van der Waals surface area contributed by atoms with Crippen molar-refractivity contribution >= 4 is 29.3 Å². The number of ether oxygens (including phenoxy) is 2. The first-order valence-corrected chi connectivity index (χ1v) is 7.67. The molecule has 2 rings (SSSR count). The maximum atomic E-state index is 13.9. The minimum absolute atomic E-state index is 0.0990. The van der Waals surface area contributed by atoms with Crippen molar-refractivity contribution < 1.29 is 28.2 Å². The summed E-state index contributed by atoms with van der Waals surface area (Å²) in [7, 11) is 1.20. The van der Waals surface area contributed by atoms with E-state index in [0.717, 1.165) is 6.07 Å². The van der Waals surface area contributed by atoms with Crippen LogP contribution in [0.5, 0.6) is 0 Å². The highest BCUT2D eigenvalue weighted by Gasteiger charge is 2.14. The van der Waals surface area contributed by atoms with Crippen LogP contribution in [0, 0.1) is 5.82 Å². The molecule has 0 spiro atoms. The van der Waals surface area contributed by atoms with Crippen LogP contribution in [0.1, 0.15) is 27.6 Å². The Morgan fingerprint density at radius 3 is 2.50 bits per heavy atom. The van der Waals surface area contributed by atoms with Crippen molar-refractivity contribution in [2.24, 2.45) is 0 Å². The van der Waals surface area contributed by atoms with E-state index in [1.165, 1.54) is 31.4 Å². The summed E-state index contributed by atoms with van der Waals surface area (Å²) >= 11 is 0. The Morgan fingerprint density at radius 1 is 1.04 bits per heavy atom. The molecule has 0 aliphatic carbocycles. The molecule has 136 valence electrons. The third-order valence-electron chi connectivity index (χ3n) is 3.28. The average Bonchev–Trinajstić information content (AvgIpc) is 2.63. The van der Waals surface area contributed by atoms with Gasteiger partial charge in [0.05, 0.1) is 25.0 Å². The first-order valence-electron chi connectivity index (χ1n) is 7.67. The number of carbonyl (C=O) groups excluding carboxylic acids is 3. The Balaban J connectivity index is 2.17. The Labute approximate surface area is 149 Å². The molecule has 0 bridgehead atoms. The zero-order valence-electron chi connectivity index (χ0n) is 14.2. The van der Waals surface area contributed by atoms with E-state index in [4.69, 9.17) is 4.74 Å². The topological polar surface area (TPSA) is 93.7 Å². The van der Waals surface area contributed by atoms with E-state index >= 15 is 0 Å². The fourth-order valence-electron chi connectivity index (χ4n) is 2.08. The maximum Gasteiger partial charge on any atom is 0.411 e. The summed E-state index contributed by atoms with van der Waals surface area (Å²) in [6.07, 6.45) is -0.651. The molecule has 0 atom stereocenters. The Bertz CT molecular complexity index is 838. The molecule has 2 amide bonds. The van der Waals surface area contributed by atoms with E-state index in [0.29, 0.717) is 5.69 Å². The lowest BCUT2D eigenvalue weighted by Gasteiger charge is -2.10. The van der Waals surface area contributed by atoms with Gasteiger partial charge in [-0.2, -0.15) is 0 Å². The van der Waals surface area contributed by atoms with Crippen LogP contribution >= 0.6 is 0 Å². The van der Waals surface area contributed by atoms with Crippen LogP contribution in [-0.2, 0) is 9.47 Å². The van der Waals surface area contributed by atoms with Gasteiger partial charge in [0.1, 0.15) is 5.82 Å². The molecule has 0 aliphatic rings. The highest BCUT2D eigenvalue weighted by Crippen LogP contribution is 2.19. The van der Waals surface area contributed by atoms with Gasteiger partial charge in [0.15, 0.2) is 0 Å². The summed E-state index contributed by atoms with van der Waals surface area (Å²) in [5.74, 6) is -1.97. The SMILES string of the molecule is CCOC(=O)Nc1cccc(C(=O)Nc2cc(C(=O)OC)ccc2F)c1. The van der Waals surface area contributed by atoms with Gasteiger partial charge in [-0.25, -0.2) is 14.0 Å². The van der Waals surface area contributed by atoms with E-state index in [9.17, 15) is 18.8 Å². The molecule has 2 aromatic carbocycles. The number of anilines is 2. The number of benzene rings is 2. The molecule has 26 heavy (non-hydrogen) atoms. The quantitative estimate of drug-likeness (QED) is 0.797. The van der Waals surface area contributed by atoms with Gasteiger partial charge < -0.3 is 14.8 Å². The number of rotatable bonds is 5. The number of carbonyl (C=O) groups is 3. The van der Waals surface area contributed by atoms with Gasteiger partial charge in [-0.15, -0.1) is 0 Å². The first kappa shape index (κ1) is 18.9. The first-order chi connectivity index (χ1) is 12.4. The standard InChI is InChI=1S/C18H17FN2O5/c1-3-26-18(24)20-13-6-4-5-11(9-13)16(22)21-15-10-12(17(23)25-2)7-8-14(15)19/h4-10H,3H2,1-2H3,(H,20,24)(H,21,22). The highest BCUT2D eigenvalue weighted by atomic mass is 19.1. The second-order valence-corrected chi connectivity index (χ2v) is 5.07. The van der Waals surface area contributed by atoms with Crippen LogP contribution in [0.3, 0.4) is 0 Å². The average molecular weight is 360 g/mol. The molecule has 2 aromatic rings. The second-order valence-electron chi connectivity index (χ2n) is 5.07. The number of amides is 2. The minimum atomic E-state index is -0.702. The lowest BCUT2D eigenvalue weighted by molar-refractivity contribution is 0.0600. The molecule has 0 saturated carbocycles. The van der Waals surface area contributed by atoms with Crippen molar-refractivity contribution in [3.8, 4) is 0 Å².